The van der Waals surface area contributed by atoms with Crippen LogP contribution in [0.25, 0.3) is 0 Å². The Balaban J connectivity index is 2.14. The minimum absolute atomic E-state index is 0.707. The molecule has 0 saturated carbocycles. The molecule has 1 nitrogen and oxygen atoms in total. The SMILES string of the molecule is CCc1ccc(CC(C)(O)c2cccs2)s1. The molecule has 0 aromatic carbocycles. The molecule has 0 aliphatic heterocycles. The van der Waals surface area contributed by atoms with Crippen LogP contribution in [0, 0.1) is 0 Å². The standard InChI is InChI=1S/C13H16OS2/c1-3-10-6-7-11(16-10)9-13(2,14)12-5-4-8-15-12/h4-8,14H,3,9H2,1-2H3. The zero-order chi connectivity index (χ0) is 11.6. The summed E-state index contributed by atoms with van der Waals surface area (Å²) < 4.78 is 0. The largest absolute Gasteiger partial charge is 0.384 e. The first-order chi connectivity index (χ1) is 7.62. The van der Waals surface area contributed by atoms with Crippen molar-refractivity contribution in [1.82, 2.24) is 0 Å². The molecule has 0 fully saturated rings. The summed E-state index contributed by atoms with van der Waals surface area (Å²) in [6, 6.07) is 8.27. The third-order valence-corrected chi connectivity index (χ3v) is 4.99. The molecule has 0 radical (unpaired) electrons. The number of hydrogen-bond donors (Lipinski definition) is 1. The fraction of sp³-hybridized carbons (Fsp3) is 0.385. The van der Waals surface area contributed by atoms with Crippen LogP contribution in [0.5, 0.6) is 0 Å². The molecule has 1 N–H and O–H groups in total. The van der Waals surface area contributed by atoms with Crippen molar-refractivity contribution < 1.29 is 5.11 Å². The zero-order valence-electron chi connectivity index (χ0n) is 9.56. The molecule has 86 valence electrons. The third-order valence-electron chi connectivity index (χ3n) is 2.64. The summed E-state index contributed by atoms with van der Waals surface area (Å²) in [5.41, 5.74) is -0.732. The molecule has 2 aromatic heterocycles. The Morgan fingerprint density at radius 2 is 2.00 bits per heavy atom. The maximum atomic E-state index is 10.4. The van der Waals surface area contributed by atoms with E-state index >= 15 is 0 Å². The number of rotatable bonds is 4. The van der Waals surface area contributed by atoms with Crippen LogP contribution in [0.3, 0.4) is 0 Å². The van der Waals surface area contributed by atoms with Gasteiger partial charge in [-0.1, -0.05) is 13.0 Å². The molecule has 2 aromatic rings. The fourth-order valence-corrected chi connectivity index (χ4v) is 3.61. The highest BCUT2D eigenvalue weighted by atomic mass is 32.1. The van der Waals surface area contributed by atoms with E-state index in [9.17, 15) is 5.11 Å². The van der Waals surface area contributed by atoms with Crippen molar-refractivity contribution in [2.75, 3.05) is 0 Å². The van der Waals surface area contributed by atoms with Crippen LogP contribution >= 0.6 is 22.7 Å². The second-order valence-electron chi connectivity index (χ2n) is 4.15. The second-order valence-corrected chi connectivity index (χ2v) is 6.35. The first kappa shape index (κ1) is 11.8. The van der Waals surface area contributed by atoms with Crippen molar-refractivity contribution in [3.8, 4) is 0 Å². The number of aryl methyl sites for hydroxylation is 1. The molecule has 0 spiro atoms. The normalized spacial score (nSPS) is 14.9. The van der Waals surface area contributed by atoms with E-state index in [1.165, 1.54) is 9.75 Å². The van der Waals surface area contributed by atoms with E-state index in [1.54, 1.807) is 22.7 Å². The molecule has 2 heterocycles. The van der Waals surface area contributed by atoms with E-state index < -0.39 is 5.60 Å². The van der Waals surface area contributed by atoms with Crippen molar-refractivity contribution in [1.29, 1.82) is 0 Å². The highest BCUT2D eigenvalue weighted by Gasteiger charge is 2.25. The van der Waals surface area contributed by atoms with E-state index in [0.717, 1.165) is 11.3 Å². The summed E-state index contributed by atoms with van der Waals surface area (Å²) in [4.78, 5) is 3.69. The average Bonchev–Trinajstić information content (AvgIpc) is 2.86. The first-order valence-corrected chi connectivity index (χ1v) is 7.15. The minimum Gasteiger partial charge on any atom is -0.384 e. The van der Waals surface area contributed by atoms with Gasteiger partial charge in [0, 0.05) is 21.1 Å². The molecule has 3 heteroatoms. The van der Waals surface area contributed by atoms with Gasteiger partial charge in [0.05, 0.1) is 0 Å². The Hall–Kier alpha value is -0.640. The zero-order valence-corrected chi connectivity index (χ0v) is 11.2. The lowest BCUT2D eigenvalue weighted by atomic mass is 9.99. The molecule has 0 bridgehead atoms. The van der Waals surface area contributed by atoms with Crippen LogP contribution in [-0.4, -0.2) is 5.11 Å². The van der Waals surface area contributed by atoms with Crippen molar-refractivity contribution in [3.63, 3.8) is 0 Å². The summed E-state index contributed by atoms with van der Waals surface area (Å²) >= 11 is 3.42. The predicted octanol–water partition coefficient (Wildman–Crippen LogP) is 3.82. The summed E-state index contributed by atoms with van der Waals surface area (Å²) in [6.07, 6.45) is 1.78. The lowest BCUT2D eigenvalue weighted by molar-refractivity contribution is 0.0623. The maximum Gasteiger partial charge on any atom is 0.101 e. The molecule has 0 amide bonds. The summed E-state index contributed by atoms with van der Waals surface area (Å²) in [5.74, 6) is 0. The van der Waals surface area contributed by atoms with Crippen LogP contribution in [0.15, 0.2) is 29.6 Å². The number of hydrogen-bond acceptors (Lipinski definition) is 3. The molecule has 1 unspecified atom stereocenters. The van der Waals surface area contributed by atoms with Crippen LogP contribution in [0.1, 0.15) is 28.5 Å². The van der Waals surface area contributed by atoms with Gasteiger partial charge in [-0.05, 0) is 36.9 Å². The summed E-state index contributed by atoms with van der Waals surface area (Å²) in [7, 11) is 0. The molecule has 2 rings (SSSR count). The average molecular weight is 252 g/mol. The minimum atomic E-state index is -0.732. The van der Waals surface area contributed by atoms with Gasteiger partial charge in [-0.3, -0.25) is 0 Å². The molecule has 1 atom stereocenters. The van der Waals surface area contributed by atoms with Gasteiger partial charge < -0.3 is 5.11 Å². The van der Waals surface area contributed by atoms with Gasteiger partial charge in [0.1, 0.15) is 5.60 Å². The van der Waals surface area contributed by atoms with Gasteiger partial charge in [0.2, 0.25) is 0 Å². The Kier molecular flexibility index (Phi) is 3.47. The lowest BCUT2D eigenvalue weighted by Gasteiger charge is -2.20. The molecule has 0 aliphatic carbocycles. The number of aliphatic hydroxyl groups is 1. The van der Waals surface area contributed by atoms with Gasteiger partial charge in [-0.2, -0.15) is 0 Å². The molecule has 0 saturated heterocycles. The van der Waals surface area contributed by atoms with E-state index in [0.29, 0.717) is 6.42 Å². The highest BCUT2D eigenvalue weighted by Crippen LogP contribution is 2.31. The van der Waals surface area contributed by atoms with Gasteiger partial charge in [0.25, 0.3) is 0 Å². The molecule has 16 heavy (non-hydrogen) atoms. The third kappa shape index (κ3) is 2.54. The quantitative estimate of drug-likeness (QED) is 0.877. The molecular weight excluding hydrogens is 236 g/mol. The van der Waals surface area contributed by atoms with Crippen molar-refractivity contribution in [2.24, 2.45) is 0 Å². The van der Waals surface area contributed by atoms with Gasteiger partial charge in [-0.25, -0.2) is 0 Å². The van der Waals surface area contributed by atoms with Crippen LogP contribution in [0.4, 0.5) is 0 Å². The van der Waals surface area contributed by atoms with E-state index in [4.69, 9.17) is 0 Å². The topological polar surface area (TPSA) is 20.2 Å². The Labute approximate surface area is 104 Å². The maximum absolute atomic E-state index is 10.4. The van der Waals surface area contributed by atoms with E-state index in [1.807, 2.05) is 24.4 Å². The smallest absolute Gasteiger partial charge is 0.101 e. The van der Waals surface area contributed by atoms with Crippen LogP contribution in [-0.2, 0) is 18.4 Å². The van der Waals surface area contributed by atoms with Gasteiger partial charge in [-0.15, -0.1) is 22.7 Å². The second kappa shape index (κ2) is 4.70. The van der Waals surface area contributed by atoms with Crippen molar-refractivity contribution in [3.05, 3.63) is 44.3 Å². The van der Waals surface area contributed by atoms with E-state index in [2.05, 4.69) is 19.1 Å². The van der Waals surface area contributed by atoms with Crippen LogP contribution in [0.2, 0.25) is 0 Å². The van der Waals surface area contributed by atoms with Gasteiger partial charge >= 0.3 is 0 Å². The Morgan fingerprint density at radius 3 is 2.56 bits per heavy atom. The van der Waals surface area contributed by atoms with Crippen molar-refractivity contribution >= 4 is 22.7 Å². The summed E-state index contributed by atoms with van der Waals surface area (Å²) in [5, 5.41) is 12.4. The monoisotopic (exact) mass is 252 g/mol. The highest BCUT2D eigenvalue weighted by molar-refractivity contribution is 7.12. The van der Waals surface area contributed by atoms with E-state index in [-0.39, 0.29) is 0 Å². The van der Waals surface area contributed by atoms with Crippen LogP contribution < -0.4 is 0 Å². The number of thiophene rings is 2. The molecular formula is C13H16OS2. The Bertz CT molecular complexity index is 440. The predicted molar refractivity (Wildman–Crippen MR) is 71.3 cm³/mol. The Morgan fingerprint density at radius 1 is 1.25 bits per heavy atom. The fourth-order valence-electron chi connectivity index (χ4n) is 1.72. The van der Waals surface area contributed by atoms with Crippen molar-refractivity contribution in [2.45, 2.75) is 32.3 Å². The molecule has 0 aliphatic rings. The first-order valence-electron chi connectivity index (χ1n) is 5.46. The lowest BCUT2D eigenvalue weighted by Crippen LogP contribution is -2.22. The van der Waals surface area contributed by atoms with Gasteiger partial charge in [0.15, 0.2) is 0 Å². The summed E-state index contributed by atoms with van der Waals surface area (Å²) in [6.45, 7) is 4.05.